The van der Waals surface area contributed by atoms with E-state index >= 15 is 0 Å². The number of carbonyl (C=O) groups is 1. The molecule has 1 amide bonds. The normalized spacial score (nSPS) is 16.3. The van der Waals surface area contributed by atoms with Crippen molar-refractivity contribution in [3.63, 3.8) is 0 Å². The highest BCUT2D eigenvalue weighted by Gasteiger charge is 2.43. The summed E-state index contributed by atoms with van der Waals surface area (Å²) in [5.41, 5.74) is 0.543. The lowest BCUT2D eigenvalue weighted by Crippen LogP contribution is -2.48. The summed E-state index contributed by atoms with van der Waals surface area (Å²) in [5, 5.41) is 25.3. The van der Waals surface area contributed by atoms with Gasteiger partial charge < -0.3 is 43.0 Å². The first-order valence-corrected chi connectivity index (χ1v) is 31.8. The summed E-state index contributed by atoms with van der Waals surface area (Å²) in [7, 11) is -4.75. The SMILES string of the molecule is COc1ccc(COCC[C@@H](C[C@H](C[C@H](O)/C=C/C[C@H](O)/C=C/C[C@@H](CCCNC(=O)OC(C)(C)C)O[Si](C)(C)C(C)(C)C)O[Si](C)(C)C(C)(C)C)O[Si](C)(C)C(C)(C)C)cc1. The van der Waals surface area contributed by atoms with E-state index in [1.54, 1.807) is 13.2 Å². The Hall–Kier alpha value is -1.82. The Bertz CT molecular complexity index is 1490. The fraction of sp³-hybridized carbons (Fsp3) is 0.776. The van der Waals surface area contributed by atoms with Crippen molar-refractivity contribution in [1.82, 2.24) is 5.32 Å². The number of benzene rings is 1. The van der Waals surface area contributed by atoms with Gasteiger partial charge in [-0.05, 0) is 131 Å². The van der Waals surface area contributed by atoms with Crippen LogP contribution in [0, 0.1) is 0 Å². The number of carbonyl (C=O) groups excluding carboxylic acids is 1. The molecule has 62 heavy (non-hydrogen) atoms. The van der Waals surface area contributed by atoms with Crippen molar-refractivity contribution < 1.29 is 42.5 Å². The average Bonchev–Trinajstić information content (AvgIpc) is 3.09. The Morgan fingerprint density at radius 3 is 1.65 bits per heavy atom. The lowest BCUT2D eigenvalue weighted by molar-refractivity contribution is 0.0366. The van der Waals surface area contributed by atoms with Gasteiger partial charge in [-0.25, -0.2) is 4.79 Å². The van der Waals surface area contributed by atoms with E-state index in [4.69, 9.17) is 27.5 Å². The summed E-state index contributed by atoms with van der Waals surface area (Å²) < 4.78 is 37.8. The Labute approximate surface area is 382 Å². The van der Waals surface area contributed by atoms with Gasteiger partial charge in [-0.15, -0.1) is 0 Å². The summed E-state index contributed by atoms with van der Waals surface area (Å²) in [6.07, 6.45) is 9.57. The van der Waals surface area contributed by atoms with E-state index in [1.165, 1.54) is 0 Å². The molecule has 10 nitrogen and oxygen atoms in total. The number of aliphatic hydroxyl groups is 2. The van der Waals surface area contributed by atoms with Crippen molar-refractivity contribution in [1.29, 1.82) is 0 Å². The summed E-state index contributed by atoms with van der Waals surface area (Å²) >= 11 is 0. The van der Waals surface area contributed by atoms with Crippen LogP contribution in [-0.2, 0) is 29.4 Å². The fourth-order valence-corrected chi connectivity index (χ4v) is 10.0. The molecule has 0 aliphatic heterocycles. The van der Waals surface area contributed by atoms with Crippen LogP contribution in [0.5, 0.6) is 5.75 Å². The van der Waals surface area contributed by atoms with E-state index in [0.717, 1.165) is 30.6 Å². The van der Waals surface area contributed by atoms with Crippen LogP contribution in [0.25, 0.3) is 0 Å². The molecule has 0 aliphatic carbocycles. The Morgan fingerprint density at radius 2 is 1.15 bits per heavy atom. The number of hydrogen-bond acceptors (Lipinski definition) is 9. The van der Waals surface area contributed by atoms with E-state index in [9.17, 15) is 15.0 Å². The van der Waals surface area contributed by atoms with Crippen LogP contribution in [0.15, 0.2) is 48.6 Å². The number of hydrogen-bond donors (Lipinski definition) is 3. The predicted molar refractivity (Wildman–Crippen MR) is 266 cm³/mol. The van der Waals surface area contributed by atoms with Crippen LogP contribution in [0.1, 0.15) is 134 Å². The highest BCUT2D eigenvalue weighted by molar-refractivity contribution is 6.75. The van der Waals surface area contributed by atoms with Crippen molar-refractivity contribution in [2.45, 2.75) is 225 Å². The average molecular weight is 925 g/mol. The zero-order chi connectivity index (χ0) is 47.8. The molecule has 3 N–H and O–H groups in total. The molecule has 0 radical (unpaired) electrons. The van der Waals surface area contributed by atoms with E-state index in [0.29, 0.717) is 45.4 Å². The van der Waals surface area contributed by atoms with Crippen molar-refractivity contribution >= 4 is 31.0 Å². The van der Waals surface area contributed by atoms with Crippen LogP contribution in [0.4, 0.5) is 4.79 Å². The largest absolute Gasteiger partial charge is 0.497 e. The number of methoxy groups -OCH3 is 1. The Balaban J connectivity index is 3.08. The van der Waals surface area contributed by atoms with E-state index in [1.807, 2.05) is 63.3 Å². The third-order valence-electron chi connectivity index (χ3n) is 12.7. The molecule has 1 aromatic carbocycles. The van der Waals surface area contributed by atoms with Crippen LogP contribution >= 0.6 is 0 Å². The molecule has 1 aromatic rings. The van der Waals surface area contributed by atoms with Crippen LogP contribution in [0.3, 0.4) is 0 Å². The lowest BCUT2D eigenvalue weighted by Gasteiger charge is -2.43. The minimum Gasteiger partial charge on any atom is -0.497 e. The standard InChI is InChI=1S/C49H93NO9Si3/c1-46(2,3)56-45(53)50-33-22-27-42(57-60(14,15)47(4,5)6)26-21-24-39(51)23-20-25-40(52)35-44(59-62(18,19)49(10,11)12)36-43(58-61(16,17)48(7,8)9)32-34-55-37-38-28-30-41(54-13)31-29-38/h20-21,24-25,28-31,39-40,42-44,51-52H,22-23,26-27,32-37H2,1-19H3,(H,50,53)/b24-21+,25-20+/t39-,40+,42-,43-,44-/m0/s1. The number of aliphatic hydroxyl groups excluding tert-OH is 2. The highest BCUT2D eigenvalue weighted by Crippen LogP contribution is 2.41. The van der Waals surface area contributed by atoms with Crippen LogP contribution in [0.2, 0.25) is 54.4 Å². The van der Waals surface area contributed by atoms with Gasteiger partial charge in [0.25, 0.3) is 0 Å². The second kappa shape index (κ2) is 25.2. The van der Waals surface area contributed by atoms with E-state index in [2.05, 4.69) is 107 Å². The van der Waals surface area contributed by atoms with Gasteiger partial charge in [-0.2, -0.15) is 0 Å². The predicted octanol–water partition coefficient (Wildman–Crippen LogP) is 12.5. The van der Waals surface area contributed by atoms with Crippen molar-refractivity contribution in [3.05, 3.63) is 54.1 Å². The molecule has 0 heterocycles. The Kier molecular flexibility index (Phi) is 23.6. The number of nitrogens with one attached hydrogen (secondary N) is 1. The van der Waals surface area contributed by atoms with Crippen LogP contribution in [-0.4, -0.2) is 97.6 Å². The molecule has 0 saturated heterocycles. The molecule has 360 valence electrons. The van der Waals surface area contributed by atoms with Gasteiger partial charge in [0.15, 0.2) is 25.0 Å². The van der Waals surface area contributed by atoms with Crippen LogP contribution < -0.4 is 10.1 Å². The first-order chi connectivity index (χ1) is 28.2. The highest BCUT2D eigenvalue weighted by atomic mass is 28.4. The van der Waals surface area contributed by atoms with Gasteiger partial charge in [0.05, 0.1) is 32.0 Å². The lowest BCUT2D eigenvalue weighted by atomic mass is 10.0. The summed E-state index contributed by atoms with van der Waals surface area (Å²) in [4.78, 5) is 12.2. The minimum absolute atomic E-state index is 0.00848. The minimum atomic E-state index is -2.21. The zero-order valence-corrected chi connectivity index (χ0v) is 45.8. The molecule has 5 atom stereocenters. The van der Waals surface area contributed by atoms with Gasteiger partial charge in [0, 0.05) is 31.8 Å². The molecular formula is C49H93NO9Si3. The third kappa shape index (κ3) is 22.9. The first-order valence-electron chi connectivity index (χ1n) is 23.1. The number of rotatable bonds is 26. The van der Waals surface area contributed by atoms with Gasteiger partial charge in [0.1, 0.15) is 11.4 Å². The van der Waals surface area contributed by atoms with Crippen molar-refractivity contribution in [2.75, 3.05) is 20.3 Å². The first kappa shape index (κ1) is 58.2. The molecule has 0 fully saturated rings. The molecule has 0 saturated carbocycles. The monoisotopic (exact) mass is 924 g/mol. The molecule has 13 heteroatoms. The number of alkyl carbamates (subject to hydrolysis) is 1. The second-order valence-corrected chi connectivity index (χ2v) is 37.0. The molecule has 0 bridgehead atoms. The molecule has 0 spiro atoms. The Morgan fingerprint density at radius 1 is 0.661 bits per heavy atom. The topological polar surface area (TPSA) is 125 Å². The summed E-state index contributed by atoms with van der Waals surface area (Å²) in [6, 6.07) is 7.94. The zero-order valence-electron chi connectivity index (χ0n) is 42.8. The van der Waals surface area contributed by atoms with Crippen molar-refractivity contribution in [3.8, 4) is 5.75 Å². The van der Waals surface area contributed by atoms with E-state index in [-0.39, 0.29) is 33.4 Å². The molecule has 1 rings (SSSR count). The quantitative estimate of drug-likeness (QED) is 0.0473. The van der Waals surface area contributed by atoms with Crippen molar-refractivity contribution in [2.24, 2.45) is 0 Å². The molecule has 0 aliphatic rings. The summed E-state index contributed by atoms with van der Waals surface area (Å²) in [6.45, 7) is 40.9. The number of ether oxygens (including phenoxy) is 3. The maximum Gasteiger partial charge on any atom is 0.407 e. The van der Waals surface area contributed by atoms with Gasteiger partial charge in [0.2, 0.25) is 0 Å². The van der Waals surface area contributed by atoms with Gasteiger partial charge in [-0.1, -0.05) is 98.8 Å². The van der Waals surface area contributed by atoms with Gasteiger partial charge >= 0.3 is 6.09 Å². The third-order valence-corrected chi connectivity index (χ3v) is 26.3. The molecule has 0 unspecified atom stereocenters. The summed E-state index contributed by atoms with van der Waals surface area (Å²) in [5.74, 6) is 0.821. The fourth-order valence-electron chi connectivity index (χ4n) is 5.87. The number of amides is 1. The smallest absolute Gasteiger partial charge is 0.407 e. The molecular weight excluding hydrogens is 831 g/mol. The maximum absolute atomic E-state index is 12.2. The molecule has 0 aromatic heterocycles. The van der Waals surface area contributed by atoms with E-state index < -0.39 is 48.9 Å². The second-order valence-electron chi connectivity index (χ2n) is 22.7. The van der Waals surface area contributed by atoms with Gasteiger partial charge in [-0.3, -0.25) is 0 Å². The maximum atomic E-state index is 12.2.